The monoisotopic (exact) mass is 466 g/mol. The van der Waals surface area contributed by atoms with Gasteiger partial charge in [-0.15, -0.1) is 0 Å². The molecule has 1 heterocycles. The molecule has 0 atom stereocenters. The topological polar surface area (TPSA) is 59.4 Å². The minimum Gasteiger partial charge on any atom is -0.491 e. The lowest BCUT2D eigenvalue weighted by Crippen LogP contribution is -2.04. The van der Waals surface area contributed by atoms with Crippen LogP contribution in [0.3, 0.4) is 0 Å². The number of carboxylic acid groups (broad SMARTS) is 1. The molecule has 0 aliphatic heterocycles. The van der Waals surface area contributed by atoms with Crippen molar-refractivity contribution in [2.24, 2.45) is 0 Å². The maximum absolute atomic E-state index is 12.6. The minimum atomic E-state index is -4.29. The van der Waals surface area contributed by atoms with Crippen LogP contribution in [0.15, 0.2) is 42.5 Å². The van der Waals surface area contributed by atoms with Crippen molar-refractivity contribution in [2.75, 3.05) is 6.61 Å². The number of unbranched alkanes of at least 4 members (excludes halogenated alkanes) is 5. The lowest BCUT2D eigenvalue weighted by atomic mass is 10.0. The molecule has 8 heteroatoms. The van der Waals surface area contributed by atoms with Gasteiger partial charge in [0.1, 0.15) is 11.4 Å². The van der Waals surface area contributed by atoms with Gasteiger partial charge in [0.25, 0.3) is 0 Å². The van der Waals surface area contributed by atoms with Gasteiger partial charge in [-0.1, -0.05) is 50.4 Å². The van der Waals surface area contributed by atoms with Gasteiger partial charge in [0.2, 0.25) is 0 Å². The number of carboxylic acids is 1. The van der Waals surface area contributed by atoms with Gasteiger partial charge in [-0.25, -0.2) is 9.78 Å². The van der Waals surface area contributed by atoms with Crippen molar-refractivity contribution in [1.29, 1.82) is 0 Å². The summed E-state index contributed by atoms with van der Waals surface area (Å²) < 4.78 is 43.5. The number of alkyl halides is 3. The predicted molar refractivity (Wildman–Crippen MR) is 121 cm³/mol. The summed E-state index contributed by atoms with van der Waals surface area (Å²) in [4.78, 5) is 15.1. The second-order valence-corrected chi connectivity index (χ2v) is 7.71. The Labute approximate surface area is 191 Å². The molecule has 0 fully saturated rings. The fourth-order valence-electron chi connectivity index (χ4n) is 3.16. The summed E-state index contributed by atoms with van der Waals surface area (Å²) in [6.45, 7) is 0.508. The molecule has 4 nitrogen and oxygen atoms in total. The predicted octanol–water partition coefficient (Wildman–Crippen LogP) is 6.86. The number of aryl methyl sites for hydroxylation is 1. The molecule has 2 rings (SSSR count). The van der Waals surface area contributed by atoms with Crippen LogP contribution in [0.1, 0.15) is 61.0 Å². The Bertz CT molecular complexity index is 883. The smallest absolute Gasteiger partial charge is 0.416 e. The Morgan fingerprint density at radius 1 is 1.00 bits per heavy atom. The summed E-state index contributed by atoms with van der Waals surface area (Å²) >= 11 is 4.98. The van der Waals surface area contributed by atoms with Gasteiger partial charge in [-0.3, -0.25) is 0 Å². The van der Waals surface area contributed by atoms with Crippen LogP contribution in [0.5, 0.6) is 5.75 Å². The number of halogens is 3. The van der Waals surface area contributed by atoms with Gasteiger partial charge >= 0.3 is 12.1 Å². The van der Waals surface area contributed by atoms with Crippen molar-refractivity contribution in [3.63, 3.8) is 0 Å². The maximum Gasteiger partial charge on any atom is 0.416 e. The van der Waals surface area contributed by atoms with E-state index in [2.05, 4.69) is 4.98 Å². The molecule has 1 radical (unpaired) electrons. The third-order valence-electron chi connectivity index (χ3n) is 4.87. The first-order chi connectivity index (χ1) is 15.3. The van der Waals surface area contributed by atoms with Crippen molar-refractivity contribution < 1.29 is 27.8 Å². The van der Waals surface area contributed by atoms with E-state index in [-0.39, 0.29) is 0 Å². The standard InChI is InChI=1S/C24H27F3NO3S/c25-24(26,27)19-10-8-18(9-11-19)7-5-3-1-2-4-6-16-31-22-14-12-20(17-32)28-21(22)13-15-23(29)30/h8-15H,1-7,16-17H2,(H,29,30). The molecule has 0 saturated heterocycles. The molecule has 32 heavy (non-hydrogen) atoms. The normalized spacial score (nSPS) is 11.8. The first kappa shape index (κ1) is 25.8. The summed E-state index contributed by atoms with van der Waals surface area (Å²) in [6.07, 6.45) is 4.86. The summed E-state index contributed by atoms with van der Waals surface area (Å²) in [7, 11) is 0. The van der Waals surface area contributed by atoms with E-state index in [0.717, 1.165) is 68.7 Å². The van der Waals surface area contributed by atoms with E-state index in [1.165, 1.54) is 6.08 Å². The number of nitrogens with zero attached hydrogens (tertiary/aromatic N) is 1. The highest BCUT2D eigenvalue weighted by Crippen LogP contribution is 2.29. The Balaban J connectivity index is 1.62. The number of ether oxygens (including phenoxy) is 1. The van der Waals surface area contributed by atoms with E-state index < -0.39 is 17.7 Å². The largest absolute Gasteiger partial charge is 0.491 e. The van der Waals surface area contributed by atoms with Crippen LogP contribution in [0.2, 0.25) is 0 Å². The Hall–Kier alpha value is -2.48. The summed E-state index contributed by atoms with van der Waals surface area (Å²) in [6, 6.07) is 8.91. The van der Waals surface area contributed by atoms with E-state index in [1.807, 2.05) is 0 Å². The van der Waals surface area contributed by atoms with Crippen LogP contribution in [0, 0.1) is 0 Å². The van der Waals surface area contributed by atoms with Crippen molar-refractivity contribution in [3.05, 3.63) is 65.0 Å². The molecule has 0 aliphatic rings. The lowest BCUT2D eigenvalue weighted by Gasteiger charge is -2.10. The average Bonchev–Trinajstić information content (AvgIpc) is 2.76. The van der Waals surface area contributed by atoms with Gasteiger partial charge in [0, 0.05) is 11.8 Å². The third-order valence-corrected chi connectivity index (χ3v) is 5.17. The van der Waals surface area contributed by atoms with Gasteiger partial charge in [0.15, 0.2) is 0 Å². The van der Waals surface area contributed by atoms with E-state index in [1.54, 1.807) is 24.3 Å². The first-order valence-corrected chi connectivity index (χ1v) is 11.2. The van der Waals surface area contributed by atoms with E-state index in [0.29, 0.717) is 29.5 Å². The lowest BCUT2D eigenvalue weighted by molar-refractivity contribution is -0.137. The Morgan fingerprint density at radius 2 is 1.66 bits per heavy atom. The Morgan fingerprint density at radius 3 is 2.28 bits per heavy atom. The van der Waals surface area contributed by atoms with Crippen LogP contribution in [0.25, 0.3) is 6.08 Å². The SMILES string of the molecule is O=C(O)C=Cc1nc(C[S])ccc1OCCCCCCCCc1ccc(C(F)(F)F)cc1. The highest BCUT2D eigenvalue weighted by molar-refractivity contribution is 7.79. The summed E-state index contributed by atoms with van der Waals surface area (Å²) in [5, 5.41) is 8.81. The molecule has 0 bridgehead atoms. The molecule has 0 unspecified atom stereocenters. The zero-order chi connectivity index (χ0) is 23.4. The van der Waals surface area contributed by atoms with Crippen molar-refractivity contribution >= 4 is 24.7 Å². The highest BCUT2D eigenvalue weighted by Gasteiger charge is 2.29. The van der Waals surface area contributed by atoms with Crippen molar-refractivity contribution in [3.8, 4) is 5.75 Å². The van der Waals surface area contributed by atoms with Crippen LogP contribution in [0.4, 0.5) is 13.2 Å². The summed E-state index contributed by atoms with van der Waals surface area (Å²) in [5.74, 6) is -0.182. The number of rotatable bonds is 13. The van der Waals surface area contributed by atoms with Crippen LogP contribution < -0.4 is 4.74 Å². The van der Waals surface area contributed by atoms with Crippen LogP contribution in [-0.2, 0) is 23.1 Å². The molecular weight excluding hydrogens is 439 g/mol. The number of hydrogen-bond acceptors (Lipinski definition) is 3. The number of benzene rings is 1. The number of hydrogen-bond donors (Lipinski definition) is 1. The first-order valence-electron chi connectivity index (χ1n) is 10.6. The fourth-order valence-corrected chi connectivity index (χ4v) is 3.32. The number of aromatic nitrogens is 1. The molecule has 2 aromatic rings. The second-order valence-electron chi connectivity index (χ2n) is 7.42. The molecule has 0 amide bonds. The molecule has 0 spiro atoms. The molecule has 1 N–H and O–H groups in total. The zero-order valence-electron chi connectivity index (χ0n) is 17.7. The fraction of sp³-hybridized carbons (Fsp3) is 0.417. The molecule has 1 aromatic carbocycles. The van der Waals surface area contributed by atoms with Gasteiger partial charge in [0.05, 0.1) is 17.9 Å². The number of carbonyl (C=O) groups is 1. The quantitative estimate of drug-likeness (QED) is 0.259. The van der Waals surface area contributed by atoms with E-state index >= 15 is 0 Å². The van der Waals surface area contributed by atoms with Crippen LogP contribution in [-0.4, -0.2) is 22.7 Å². The number of pyridine rings is 1. The average molecular weight is 467 g/mol. The summed E-state index contributed by atoms with van der Waals surface area (Å²) in [5.41, 5.74) is 1.46. The van der Waals surface area contributed by atoms with Gasteiger partial charge in [-0.2, -0.15) is 13.2 Å². The Kier molecular flexibility index (Phi) is 10.6. The van der Waals surface area contributed by atoms with Gasteiger partial charge in [-0.05, 0) is 55.2 Å². The minimum absolute atomic E-state index is 0.340. The third kappa shape index (κ3) is 9.34. The maximum atomic E-state index is 12.6. The molecule has 173 valence electrons. The van der Waals surface area contributed by atoms with Crippen molar-refractivity contribution in [2.45, 2.75) is 56.9 Å². The van der Waals surface area contributed by atoms with Crippen molar-refractivity contribution in [1.82, 2.24) is 4.98 Å². The molecule has 0 saturated carbocycles. The van der Waals surface area contributed by atoms with Gasteiger partial charge < -0.3 is 9.84 Å². The molecule has 1 aromatic heterocycles. The number of aliphatic carboxylic acids is 1. The van der Waals surface area contributed by atoms with E-state index in [4.69, 9.17) is 22.5 Å². The highest BCUT2D eigenvalue weighted by atomic mass is 32.1. The zero-order valence-corrected chi connectivity index (χ0v) is 18.6. The van der Waals surface area contributed by atoms with Crippen LogP contribution >= 0.6 is 12.6 Å². The van der Waals surface area contributed by atoms with E-state index in [9.17, 15) is 18.0 Å². The second kappa shape index (κ2) is 13.2. The molecular formula is C24H27F3NO3S. The molecule has 0 aliphatic carbocycles.